The summed E-state index contributed by atoms with van der Waals surface area (Å²) < 4.78 is 5.85. The molecule has 8 nitrogen and oxygen atoms in total. The number of carbonyl (C=O) groups is 1. The molecule has 3 heterocycles. The minimum atomic E-state index is -1.07. The minimum absolute atomic E-state index is 0.0517. The highest BCUT2D eigenvalue weighted by Gasteiger charge is 2.22. The molecular formula is C17H17N5O3. The van der Waals surface area contributed by atoms with E-state index >= 15 is 0 Å². The van der Waals surface area contributed by atoms with E-state index in [2.05, 4.69) is 24.8 Å². The van der Waals surface area contributed by atoms with Crippen molar-refractivity contribution >= 4 is 28.9 Å². The van der Waals surface area contributed by atoms with Crippen molar-refractivity contribution in [1.29, 1.82) is 0 Å². The predicted molar refractivity (Wildman–Crippen MR) is 92.2 cm³/mol. The van der Waals surface area contributed by atoms with Crippen molar-refractivity contribution in [2.45, 2.75) is 6.92 Å². The smallest absolute Gasteiger partial charge is 0.356 e. The number of nitrogens with zero attached hydrogens (tertiary/aromatic N) is 5. The molecule has 1 aromatic carbocycles. The molecule has 1 saturated heterocycles. The summed E-state index contributed by atoms with van der Waals surface area (Å²) in [6, 6.07) is 6.59. The molecule has 25 heavy (non-hydrogen) atoms. The van der Waals surface area contributed by atoms with E-state index in [1.807, 2.05) is 25.1 Å². The van der Waals surface area contributed by atoms with Gasteiger partial charge in [-0.25, -0.2) is 14.8 Å². The Morgan fingerprint density at radius 3 is 2.56 bits per heavy atom. The van der Waals surface area contributed by atoms with E-state index in [0.29, 0.717) is 11.8 Å². The van der Waals surface area contributed by atoms with Crippen LogP contribution in [0.15, 0.2) is 35.0 Å². The number of aromatic nitrogens is 3. The average Bonchev–Trinajstić information content (AvgIpc) is 3.05. The second-order valence-corrected chi connectivity index (χ2v) is 6.01. The molecule has 0 spiro atoms. The first-order chi connectivity index (χ1) is 12.1. The highest BCUT2D eigenvalue weighted by atomic mass is 16.4. The largest absolute Gasteiger partial charge is 0.476 e. The molecule has 1 aliphatic heterocycles. The van der Waals surface area contributed by atoms with Gasteiger partial charge in [0.25, 0.3) is 6.01 Å². The number of aryl methyl sites for hydroxylation is 1. The van der Waals surface area contributed by atoms with Crippen LogP contribution in [0.5, 0.6) is 0 Å². The molecule has 0 unspecified atom stereocenters. The van der Waals surface area contributed by atoms with Crippen molar-refractivity contribution in [1.82, 2.24) is 15.0 Å². The Morgan fingerprint density at radius 1 is 1.12 bits per heavy atom. The molecule has 4 rings (SSSR count). The van der Waals surface area contributed by atoms with Gasteiger partial charge in [0.1, 0.15) is 11.3 Å². The summed E-state index contributed by atoms with van der Waals surface area (Å²) in [4.78, 5) is 27.7. The predicted octanol–water partition coefficient (Wildman–Crippen LogP) is 1.95. The number of hydrogen-bond donors (Lipinski definition) is 1. The van der Waals surface area contributed by atoms with Gasteiger partial charge in [0.15, 0.2) is 11.3 Å². The Hall–Kier alpha value is -3.16. The fourth-order valence-corrected chi connectivity index (χ4v) is 2.88. The van der Waals surface area contributed by atoms with Gasteiger partial charge >= 0.3 is 5.97 Å². The number of rotatable bonds is 3. The molecule has 0 bridgehead atoms. The molecular weight excluding hydrogens is 322 g/mol. The summed E-state index contributed by atoms with van der Waals surface area (Å²) in [6.45, 7) is 4.99. The van der Waals surface area contributed by atoms with E-state index < -0.39 is 5.97 Å². The number of benzene rings is 1. The van der Waals surface area contributed by atoms with Crippen LogP contribution in [0.25, 0.3) is 11.1 Å². The lowest BCUT2D eigenvalue weighted by Gasteiger charge is -2.34. The van der Waals surface area contributed by atoms with Gasteiger partial charge in [-0.3, -0.25) is 0 Å². The van der Waals surface area contributed by atoms with Gasteiger partial charge in [-0.15, -0.1) is 0 Å². The quantitative estimate of drug-likeness (QED) is 0.773. The fourth-order valence-electron chi connectivity index (χ4n) is 2.88. The van der Waals surface area contributed by atoms with Crippen LogP contribution < -0.4 is 9.80 Å². The molecule has 0 amide bonds. The van der Waals surface area contributed by atoms with Gasteiger partial charge in [-0.2, -0.15) is 4.98 Å². The molecule has 0 saturated carbocycles. The fraction of sp³-hybridized carbons (Fsp3) is 0.294. The van der Waals surface area contributed by atoms with E-state index in [1.165, 1.54) is 12.4 Å². The molecule has 2 aromatic heterocycles. The first-order valence-corrected chi connectivity index (χ1v) is 8.02. The molecule has 1 fully saturated rings. The van der Waals surface area contributed by atoms with Crippen LogP contribution in [-0.2, 0) is 0 Å². The molecule has 0 radical (unpaired) electrons. The summed E-state index contributed by atoms with van der Waals surface area (Å²) in [5.41, 5.74) is 2.76. The SMILES string of the molecule is Cc1ccc2oc(N3CCN(c4cnc(C(=O)O)cn4)CC3)nc2c1. The number of carboxylic acid groups (broad SMARTS) is 1. The van der Waals surface area contributed by atoms with Crippen molar-refractivity contribution < 1.29 is 14.3 Å². The first kappa shape index (κ1) is 15.4. The highest BCUT2D eigenvalue weighted by molar-refractivity contribution is 5.84. The second-order valence-electron chi connectivity index (χ2n) is 6.01. The standard InChI is InChI=1S/C17H17N5O3/c1-11-2-3-14-12(8-11)20-17(25-14)22-6-4-21(5-7-22)15-10-18-13(9-19-15)16(23)24/h2-3,8-10H,4-7H2,1H3,(H,23,24). The van der Waals surface area contributed by atoms with Crippen molar-refractivity contribution in [3.8, 4) is 0 Å². The summed E-state index contributed by atoms with van der Waals surface area (Å²) in [7, 11) is 0. The van der Waals surface area contributed by atoms with E-state index in [0.717, 1.165) is 42.8 Å². The van der Waals surface area contributed by atoms with Crippen LogP contribution in [0, 0.1) is 6.92 Å². The van der Waals surface area contributed by atoms with E-state index in [4.69, 9.17) is 9.52 Å². The van der Waals surface area contributed by atoms with Crippen molar-refractivity contribution in [3.63, 3.8) is 0 Å². The number of aromatic carboxylic acids is 1. The van der Waals surface area contributed by atoms with Crippen LogP contribution in [0.1, 0.15) is 16.1 Å². The lowest BCUT2D eigenvalue weighted by molar-refractivity contribution is 0.0690. The van der Waals surface area contributed by atoms with Gasteiger partial charge in [0, 0.05) is 26.2 Å². The molecule has 0 aliphatic carbocycles. The lowest BCUT2D eigenvalue weighted by Crippen LogP contribution is -2.47. The number of hydrogen-bond acceptors (Lipinski definition) is 7. The zero-order valence-electron chi connectivity index (χ0n) is 13.7. The monoisotopic (exact) mass is 339 g/mol. The Bertz CT molecular complexity index is 914. The Labute approximate surface area is 143 Å². The maximum atomic E-state index is 10.8. The minimum Gasteiger partial charge on any atom is -0.476 e. The average molecular weight is 339 g/mol. The maximum Gasteiger partial charge on any atom is 0.356 e. The lowest BCUT2D eigenvalue weighted by atomic mass is 10.2. The van der Waals surface area contributed by atoms with Gasteiger partial charge < -0.3 is 19.3 Å². The molecule has 1 aliphatic rings. The van der Waals surface area contributed by atoms with Crippen LogP contribution in [0.4, 0.5) is 11.8 Å². The molecule has 128 valence electrons. The zero-order valence-corrected chi connectivity index (χ0v) is 13.7. The zero-order chi connectivity index (χ0) is 17.4. The van der Waals surface area contributed by atoms with Gasteiger partial charge in [0.05, 0.1) is 12.4 Å². The van der Waals surface area contributed by atoms with E-state index in [9.17, 15) is 4.79 Å². The third kappa shape index (κ3) is 2.98. The van der Waals surface area contributed by atoms with Gasteiger partial charge in [0.2, 0.25) is 0 Å². The summed E-state index contributed by atoms with van der Waals surface area (Å²) in [6.07, 6.45) is 2.79. The molecule has 0 atom stereocenters. The summed E-state index contributed by atoms with van der Waals surface area (Å²) in [5, 5.41) is 8.88. The third-order valence-electron chi connectivity index (χ3n) is 4.26. The van der Waals surface area contributed by atoms with Gasteiger partial charge in [-0.1, -0.05) is 6.07 Å². The normalized spacial score (nSPS) is 14.9. The first-order valence-electron chi connectivity index (χ1n) is 8.02. The molecule has 1 N–H and O–H groups in total. The van der Waals surface area contributed by atoms with Crippen LogP contribution in [0.2, 0.25) is 0 Å². The number of carboxylic acids is 1. The number of anilines is 2. The molecule has 8 heteroatoms. The number of piperazine rings is 1. The van der Waals surface area contributed by atoms with Crippen LogP contribution >= 0.6 is 0 Å². The second kappa shape index (κ2) is 6.04. The summed E-state index contributed by atoms with van der Waals surface area (Å²) in [5.74, 6) is -0.395. The van der Waals surface area contributed by atoms with Crippen molar-refractivity contribution in [3.05, 3.63) is 41.9 Å². The van der Waals surface area contributed by atoms with Crippen molar-refractivity contribution in [2.24, 2.45) is 0 Å². The third-order valence-corrected chi connectivity index (χ3v) is 4.26. The molecule has 3 aromatic rings. The number of oxazole rings is 1. The van der Waals surface area contributed by atoms with E-state index in [-0.39, 0.29) is 5.69 Å². The summed E-state index contributed by atoms with van der Waals surface area (Å²) >= 11 is 0. The van der Waals surface area contributed by atoms with Crippen molar-refractivity contribution in [2.75, 3.05) is 36.0 Å². The Balaban J connectivity index is 1.46. The highest BCUT2D eigenvalue weighted by Crippen LogP contribution is 2.24. The number of fused-ring (bicyclic) bond motifs is 1. The topological polar surface area (TPSA) is 95.6 Å². The maximum absolute atomic E-state index is 10.8. The van der Waals surface area contributed by atoms with E-state index in [1.54, 1.807) is 0 Å². The Morgan fingerprint density at radius 2 is 1.88 bits per heavy atom. The Kier molecular flexibility index (Phi) is 3.72. The van der Waals surface area contributed by atoms with Crippen LogP contribution in [0.3, 0.4) is 0 Å². The van der Waals surface area contributed by atoms with Gasteiger partial charge in [-0.05, 0) is 24.6 Å². The van der Waals surface area contributed by atoms with Crippen LogP contribution in [-0.4, -0.2) is 52.2 Å².